The van der Waals surface area contributed by atoms with Gasteiger partial charge < -0.3 is 19.2 Å². The Kier molecular flexibility index (Phi) is 8.10. The Hall–Kier alpha value is -3.58. The maximum absolute atomic E-state index is 13.5. The van der Waals surface area contributed by atoms with E-state index in [1.165, 1.54) is 0 Å². The highest BCUT2D eigenvalue weighted by Gasteiger charge is 2.23. The van der Waals surface area contributed by atoms with Gasteiger partial charge >= 0.3 is 5.97 Å². The van der Waals surface area contributed by atoms with Crippen LogP contribution in [-0.4, -0.2) is 35.5 Å². The zero-order chi connectivity index (χ0) is 25.7. The van der Waals surface area contributed by atoms with E-state index >= 15 is 0 Å². The number of amides is 1. The number of aryl methyl sites for hydroxylation is 1. The number of carboxylic acids is 1. The number of unbranched alkanes of at least 4 members (excludes halogenated alkanes) is 1. The minimum atomic E-state index is -1.02. The van der Waals surface area contributed by atoms with Gasteiger partial charge in [0.05, 0.1) is 10.0 Å². The van der Waals surface area contributed by atoms with E-state index in [9.17, 15) is 9.59 Å². The molecule has 186 valence electrons. The van der Waals surface area contributed by atoms with Crippen LogP contribution in [0, 0.1) is 0 Å². The molecule has 0 fully saturated rings. The van der Waals surface area contributed by atoms with Gasteiger partial charge in [0.15, 0.2) is 6.61 Å². The summed E-state index contributed by atoms with van der Waals surface area (Å²) in [6.07, 6.45) is 2.74. The van der Waals surface area contributed by atoms with Crippen LogP contribution in [0.3, 0.4) is 0 Å². The van der Waals surface area contributed by atoms with Crippen molar-refractivity contribution in [2.45, 2.75) is 32.7 Å². The summed E-state index contributed by atoms with van der Waals surface area (Å²) in [6, 6.07) is 21.3. The Bertz CT molecular complexity index is 1380. The molecule has 0 saturated heterocycles. The molecule has 3 aromatic carbocycles. The fourth-order valence-electron chi connectivity index (χ4n) is 4.12. The van der Waals surface area contributed by atoms with Gasteiger partial charge in [0.25, 0.3) is 5.91 Å². The number of carboxylic acid groups (broad SMARTS) is 1. The molecule has 0 atom stereocenters. The van der Waals surface area contributed by atoms with Gasteiger partial charge in [-0.15, -0.1) is 0 Å². The van der Waals surface area contributed by atoms with E-state index in [1.54, 1.807) is 11.0 Å². The van der Waals surface area contributed by atoms with Gasteiger partial charge in [0, 0.05) is 25.4 Å². The molecule has 36 heavy (non-hydrogen) atoms. The molecule has 7 heteroatoms. The fraction of sp³-hybridized carbons (Fsp3) is 0.241. The maximum Gasteiger partial charge on any atom is 0.341 e. The van der Waals surface area contributed by atoms with Crippen molar-refractivity contribution in [2.24, 2.45) is 0 Å². The Morgan fingerprint density at radius 1 is 1.03 bits per heavy atom. The third-order valence-electron chi connectivity index (χ3n) is 5.98. The van der Waals surface area contributed by atoms with Crippen molar-refractivity contribution >= 4 is 38.8 Å². The number of para-hydroxylation sites is 1. The molecule has 0 unspecified atom stereocenters. The zero-order valence-electron chi connectivity index (χ0n) is 20.3. The molecular formula is C29H28BrNO5. The maximum atomic E-state index is 13.5. The topological polar surface area (TPSA) is 80.0 Å². The predicted molar refractivity (Wildman–Crippen MR) is 143 cm³/mol. The SMILES string of the molecule is CCCCc1oc2ccccc2c1C(=O)N(C)Cc1ccc(-c2ccc(OCC(=O)O)c(Br)c2)cc1. The molecule has 1 amide bonds. The lowest BCUT2D eigenvalue weighted by atomic mass is 10.0. The molecule has 4 aromatic rings. The summed E-state index contributed by atoms with van der Waals surface area (Å²) < 4.78 is 12.0. The van der Waals surface area contributed by atoms with E-state index in [0.29, 0.717) is 22.3 Å². The summed E-state index contributed by atoms with van der Waals surface area (Å²) in [4.78, 5) is 25.9. The average Bonchev–Trinajstić information content (AvgIpc) is 3.24. The van der Waals surface area contributed by atoms with Crippen LogP contribution in [0.25, 0.3) is 22.1 Å². The Morgan fingerprint density at radius 2 is 1.75 bits per heavy atom. The highest BCUT2D eigenvalue weighted by molar-refractivity contribution is 9.10. The number of aliphatic carboxylic acids is 1. The first kappa shape index (κ1) is 25.5. The van der Waals surface area contributed by atoms with Crippen LogP contribution in [0.2, 0.25) is 0 Å². The second-order valence-corrected chi connectivity index (χ2v) is 9.54. The molecule has 1 aromatic heterocycles. The second-order valence-electron chi connectivity index (χ2n) is 8.69. The molecule has 4 rings (SSSR count). The molecule has 1 N–H and O–H groups in total. The summed E-state index contributed by atoms with van der Waals surface area (Å²) in [5.41, 5.74) is 4.38. The standard InChI is InChI=1S/C29H28BrNO5/c1-3-4-8-26-28(22-7-5-6-9-24(22)36-26)29(34)31(2)17-19-10-12-20(13-11-19)21-14-15-25(23(30)16-21)35-18-27(32)33/h5-7,9-16H,3-4,8,17-18H2,1-2H3,(H,32,33). The molecule has 0 radical (unpaired) electrons. The normalized spacial score (nSPS) is 11.0. The fourth-order valence-corrected chi connectivity index (χ4v) is 4.61. The summed E-state index contributed by atoms with van der Waals surface area (Å²) in [5.74, 6) is 0.161. The van der Waals surface area contributed by atoms with Crippen LogP contribution < -0.4 is 4.74 Å². The number of hydrogen-bond acceptors (Lipinski definition) is 4. The lowest BCUT2D eigenvalue weighted by molar-refractivity contribution is -0.139. The molecule has 0 saturated carbocycles. The number of rotatable bonds is 10. The second kappa shape index (κ2) is 11.4. The quantitative estimate of drug-likeness (QED) is 0.231. The molecule has 0 aliphatic heterocycles. The number of benzene rings is 3. The summed E-state index contributed by atoms with van der Waals surface area (Å²) in [5, 5.41) is 9.66. The number of furan rings is 1. The van der Waals surface area contributed by atoms with Crippen LogP contribution in [0.4, 0.5) is 0 Å². The van der Waals surface area contributed by atoms with Gasteiger partial charge in [0.1, 0.15) is 17.1 Å². The van der Waals surface area contributed by atoms with Gasteiger partial charge in [-0.2, -0.15) is 0 Å². The lowest BCUT2D eigenvalue weighted by Gasteiger charge is -2.18. The summed E-state index contributed by atoms with van der Waals surface area (Å²) >= 11 is 3.45. The highest BCUT2D eigenvalue weighted by Crippen LogP contribution is 2.32. The first-order valence-corrected chi connectivity index (χ1v) is 12.7. The minimum absolute atomic E-state index is 0.0454. The Balaban J connectivity index is 1.49. The van der Waals surface area contributed by atoms with Crippen LogP contribution >= 0.6 is 15.9 Å². The molecule has 1 heterocycles. The van der Waals surface area contributed by atoms with Gasteiger partial charge in [0.2, 0.25) is 0 Å². The zero-order valence-corrected chi connectivity index (χ0v) is 21.9. The van der Waals surface area contributed by atoms with Crippen LogP contribution in [0.15, 0.2) is 75.6 Å². The lowest BCUT2D eigenvalue weighted by Crippen LogP contribution is -2.26. The number of hydrogen-bond donors (Lipinski definition) is 1. The smallest absolute Gasteiger partial charge is 0.341 e. The van der Waals surface area contributed by atoms with Crippen molar-refractivity contribution in [1.29, 1.82) is 0 Å². The monoisotopic (exact) mass is 549 g/mol. The molecule has 0 aliphatic carbocycles. The van der Waals surface area contributed by atoms with Crippen molar-refractivity contribution in [2.75, 3.05) is 13.7 Å². The first-order valence-electron chi connectivity index (χ1n) is 11.9. The van der Waals surface area contributed by atoms with Gasteiger partial charge in [-0.25, -0.2) is 4.79 Å². The Morgan fingerprint density at radius 3 is 2.44 bits per heavy atom. The molecule has 0 aliphatic rings. The van der Waals surface area contributed by atoms with Gasteiger partial charge in [-0.3, -0.25) is 4.79 Å². The predicted octanol–water partition coefficient (Wildman–Crippen LogP) is 6.94. The van der Waals surface area contributed by atoms with E-state index in [4.69, 9.17) is 14.3 Å². The van der Waals surface area contributed by atoms with Crippen LogP contribution in [-0.2, 0) is 17.8 Å². The number of fused-ring (bicyclic) bond motifs is 1. The molecule has 0 spiro atoms. The third-order valence-corrected chi connectivity index (χ3v) is 6.60. The van der Waals surface area contributed by atoms with Crippen molar-refractivity contribution in [3.8, 4) is 16.9 Å². The number of carbonyl (C=O) groups excluding carboxylic acids is 1. The van der Waals surface area contributed by atoms with E-state index < -0.39 is 12.6 Å². The van der Waals surface area contributed by atoms with E-state index in [0.717, 1.165) is 52.7 Å². The van der Waals surface area contributed by atoms with Gasteiger partial charge in [-0.05, 0) is 57.2 Å². The largest absolute Gasteiger partial charge is 0.481 e. The molecule has 6 nitrogen and oxygen atoms in total. The van der Waals surface area contributed by atoms with Crippen LogP contribution in [0.5, 0.6) is 5.75 Å². The number of nitrogens with zero attached hydrogens (tertiary/aromatic N) is 1. The van der Waals surface area contributed by atoms with Crippen molar-refractivity contribution in [3.63, 3.8) is 0 Å². The summed E-state index contributed by atoms with van der Waals surface area (Å²) in [6.45, 7) is 2.20. The van der Waals surface area contributed by atoms with Crippen molar-refractivity contribution in [1.82, 2.24) is 4.90 Å². The van der Waals surface area contributed by atoms with Crippen LogP contribution in [0.1, 0.15) is 41.4 Å². The van der Waals surface area contributed by atoms with Gasteiger partial charge in [-0.1, -0.05) is 61.9 Å². The van der Waals surface area contributed by atoms with E-state index in [-0.39, 0.29) is 5.91 Å². The number of carbonyl (C=O) groups is 2. The molecule has 0 bridgehead atoms. The van der Waals surface area contributed by atoms with Crippen molar-refractivity contribution in [3.05, 3.63) is 88.1 Å². The third kappa shape index (κ3) is 5.79. The van der Waals surface area contributed by atoms with Crippen molar-refractivity contribution < 1.29 is 23.8 Å². The number of halogens is 1. The summed E-state index contributed by atoms with van der Waals surface area (Å²) in [7, 11) is 1.81. The molecular weight excluding hydrogens is 522 g/mol. The highest BCUT2D eigenvalue weighted by atomic mass is 79.9. The van der Waals surface area contributed by atoms with E-state index in [1.807, 2.05) is 67.7 Å². The minimum Gasteiger partial charge on any atom is -0.481 e. The number of ether oxygens (including phenoxy) is 1. The average molecular weight is 550 g/mol. The Labute approximate surface area is 218 Å². The van der Waals surface area contributed by atoms with E-state index in [2.05, 4.69) is 22.9 Å². The first-order chi connectivity index (χ1) is 17.4.